The Balaban J connectivity index is 1.78. The molecule has 2 heterocycles. The highest BCUT2D eigenvalue weighted by Crippen LogP contribution is 2.34. The zero-order valence-corrected chi connectivity index (χ0v) is 13.9. The first kappa shape index (κ1) is 15.6. The molecule has 0 spiro atoms. The summed E-state index contributed by atoms with van der Waals surface area (Å²) in [5.74, 6) is -0.786. The summed E-state index contributed by atoms with van der Waals surface area (Å²) in [7, 11) is 0. The average Bonchev–Trinajstić information content (AvgIpc) is 2.94. The molecule has 0 saturated heterocycles. The smallest absolute Gasteiger partial charge is 0.257 e. The average molecular weight is 335 g/mol. The Morgan fingerprint density at radius 3 is 2.88 bits per heavy atom. The van der Waals surface area contributed by atoms with Gasteiger partial charge >= 0.3 is 0 Å². The Bertz CT molecular complexity index is 961. The zero-order valence-electron chi connectivity index (χ0n) is 13.9. The number of benzene rings is 1. The van der Waals surface area contributed by atoms with E-state index in [-0.39, 0.29) is 11.6 Å². The van der Waals surface area contributed by atoms with Crippen LogP contribution >= 0.6 is 0 Å². The Kier molecular flexibility index (Phi) is 3.84. The van der Waals surface area contributed by atoms with Crippen LogP contribution < -0.4 is 5.32 Å². The first-order valence-corrected chi connectivity index (χ1v) is 8.36. The van der Waals surface area contributed by atoms with Crippen LogP contribution in [-0.4, -0.2) is 15.9 Å². The summed E-state index contributed by atoms with van der Waals surface area (Å²) >= 11 is 0. The molecule has 0 atom stereocenters. The van der Waals surface area contributed by atoms with Gasteiger partial charge in [0.25, 0.3) is 5.91 Å². The van der Waals surface area contributed by atoms with Gasteiger partial charge in [0, 0.05) is 23.1 Å². The molecule has 3 aromatic rings. The van der Waals surface area contributed by atoms with Crippen molar-refractivity contribution in [2.75, 3.05) is 5.32 Å². The zero-order chi connectivity index (χ0) is 17.4. The second-order valence-electron chi connectivity index (χ2n) is 6.30. The van der Waals surface area contributed by atoms with Crippen molar-refractivity contribution < 1.29 is 9.18 Å². The van der Waals surface area contributed by atoms with Crippen LogP contribution in [-0.2, 0) is 12.8 Å². The number of aromatic amines is 1. The lowest BCUT2D eigenvalue weighted by molar-refractivity contribution is 0.102. The first-order valence-electron chi connectivity index (χ1n) is 8.36. The number of hydrogen-bond acceptors (Lipinski definition) is 2. The molecule has 1 aliphatic rings. The largest absolute Gasteiger partial charge is 0.364 e. The summed E-state index contributed by atoms with van der Waals surface area (Å²) in [5.41, 5.74) is 5.43. The second kappa shape index (κ2) is 6.16. The molecule has 4 rings (SSSR count). The van der Waals surface area contributed by atoms with E-state index in [0.29, 0.717) is 5.56 Å². The van der Waals surface area contributed by atoms with Gasteiger partial charge in [-0.2, -0.15) is 0 Å². The number of aryl methyl sites for hydroxylation is 3. The first-order chi connectivity index (χ1) is 12.1. The van der Waals surface area contributed by atoms with Crippen LogP contribution in [0.4, 0.5) is 10.1 Å². The Labute approximate surface area is 145 Å². The van der Waals surface area contributed by atoms with E-state index in [1.165, 1.54) is 6.07 Å². The third-order valence-corrected chi connectivity index (χ3v) is 4.56. The van der Waals surface area contributed by atoms with Crippen molar-refractivity contribution in [2.45, 2.75) is 26.2 Å². The maximum absolute atomic E-state index is 13.9. The molecule has 5 heteroatoms. The van der Waals surface area contributed by atoms with E-state index in [2.05, 4.69) is 21.4 Å². The molecule has 0 fully saturated rings. The summed E-state index contributed by atoms with van der Waals surface area (Å²) < 4.78 is 13.9. The van der Waals surface area contributed by atoms with E-state index < -0.39 is 5.82 Å². The van der Waals surface area contributed by atoms with Gasteiger partial charge in [0.05, 0.1) is 16.9 Å². The van der Waals surface area contributed by atoms with Crippen molar-refractivity contribution in [1.29, 1.82) is 0 Å². The molecular weight excluding hydrogens is 317 g/mol. The number of H-pyrrole nitrogens is 1. The van der Waals surface area contributed by atoms with Gasteiger partial charge < -0.3 is 10.3 Å². The molecule has 0 saturated carbocycles. The molecule has 1 aromatic carbocycles. The lowest BCUT2D eigenvalue weighted by atomic mass is 10.0. The molecule has 1 aliphatic carbocycles. The van der Waals surface area contributed by atoms with E-state index in [4.69, 9.17) is 0 Å². The van der Waals surface area contributed by atoms with Crippen LogP contribution in [0.3, 0.4) is 0 Å². The van der Waals surface area contributed by atoms with Gasteiger partial charge in [-0.1, -0.05) is 18.2 Å². The van der Waals surface area contributed by atoms with Gasteiger partial charge in [-0.15, -0.1) is 0 Å². The van der Waals surface area contributed by atoms with Gasteiger partial charge in [-0.25, -0.2) is 4.39 Å². The van der Waals surface area contributed by atoms with Crippen LogP contribution in [0.1, 0.15) is 33.7 Å². The fraction of sp³-hybridized carbons (Fsp3) is 0.200. The highest BCUT2D eigenvalue weighted by molar-refractivity contribution is 6.09. The van der Waals surface area contributed by atoms with E-state index >= 15 is 0 Å². The maximum atomic E-state index is 13.9. The number of carbonyl (C=O) groups excluding carboxylic acids is 1. The molecule has 2 N–H and O–H groups in total. The van der Waals surface area contributed by atoms with E-state index in [0.717, 1.165) is 47.5 Å². The number of hydrogen-bond donors (Lipinski definition) is 2. The summed E-state index contributed by atoms with van der Waals surface area (Å²) in [6, 6.07) is 10.2. The molecule has 0 radical (unpaired) electrons. The van der Waals surface area contributed by atoms with E-state index in [1.807, 2.05) is 13.0 Å². The number of pyridine rings is 1. The number of rotatable bonds is 2. The summed E-state index contributed by atoms with van der Waals surface area (Å²) in [4.78, 5) is 20.7. The van der Waals surface area contributed by atoms with Crippen LogP contribution in [0.2, 0.25) is 0 Å². The van der Waals surface area contributed by atoms with Crippen molar-refractivity contribution in [3.63, 3.8) is 0 Å². The third-order valence-electron chi connectivity index (χ3n) is 4.56. The van der Waals surface area contributed by atoms with Gasteiger partial charge in [-0.05, 0) is 49.9 Å². The number of para-hydroxylation sites is 1. The molecule has 0 aliphatic heterocycles. The molecule has 0 unspecified atom stereocenters. The number of nitrogens with zero attached hydrogens (tertiary/aromatic N) is 1. The topological polar surface area (TPSA) is 57.8 Å². The van der Waals surface area contributed by atoms with Gasteiger partial charge in [0.2, 0.25) is 0 Å². The van der Waals surface area contributed by atoms with E-state index in [9.17, 15) is 9.18 Å². The molecule has 126 valence electrons. The standard InChI is InChI=1S/C20H18FN3O/c1-12-9-10-13-5-4-8-17-18(19(13)23-12)14(11-22-17)20(25)24-16-7-3-2-6-15(16)21/h2-3,6-7,9-11,22H,4-5,8H2,1H3,(H,24,25). The van der Waals surface area contributed by atoms with Gasteiger partial charge in [-0.3, -0.25) is 9.78 Å². The SMILES string of the molecule is Cc1ccc2c(n1)-c1c(C(=O)Nc3ccccc3F)c[nH]c1CCC2. The molecule has 1 amide bonds. The van der Waals surface area contributed by atoms with Gasteiger partial charge in [0.15, 0.2) is 0 Å². The minimum atomic E-state index is -0.452. The maximum Gasteiger partial charge on any atom is 0.257 e. The number of anilines is 1. The minimum Gasteiger partial charge on any atom is -0.364 e. The fourth-order valence-electron chi connectivity index (χ4n) is 3.32. The van der Waals surface area contributed by atoms with E-state index in [1.54, 1.807) is 24.4 Å². The van der Waals surface area contributed by atoms with Crippen LogP contribution in [0.15, 0.2) is 42.6 Å². The van der Waals surface area contributed by atoms with Crippen LogP contribution in [0.25, 0.3) is 11.3 Å². The summed E-state index contributed by atoms with van der Waals surface area (Å²) in [5, 5.41) is 2.67. The van der Waals surface area contributed by atoms with Crippen molar-refractivity contribution in [1.82, 2.24) is 9.97 Å². The number of fused-ring (bicyclic) bond motifs is 3. The number of halogens is 1. The van der Waals surface area contributed by atoms with Gasteiger partial charge in [0.1, 0.15) is 5.82 Å². The van der Waals surface area contributed by atoms with Crippen molar-refractivity contribution in [2.24, 2.45) is 0 Å². The fourth-order valence-corrected chi connectivity index (χ4v) is 3.32. The number of carbonyl (C=O) groups is 1. The minimum absolute atomic E-state index is 0.175. The normalized spacial score (nSPS) is 12.9. The molecule has 25 heavy (non-hydrogen) atoms. The van der Waals surface area contributed by atoms with Crippen LogP contribution in [0, 0.1) is 12.7 Å². The molecule has 0 bridgehead atoms. The quantitative estimate of drug-likeness (QED) is 0.735. The van der Waals surface area contributed by atoms with Crippen molar-refractivity contribution in [3.8, 4) is 11.3 Å². The predicted molar refractivity (Wildman–Crippen MR) is 95.1 cm³/mol. The van der Waals surface area contributed by atoms with Crippen molar-refractivity contribution in [3.05, 3.63) is 70.9 Å². The number of aromatic nitrogens is 2. The highest BCUT2D eigenvalue weighted by atomic mass is 19.1. The lowest BCUT2D eigenvalue weighted by Crippen LogP contribution is -2.13. The number of amides is 1. The Morgan fingerprint density at radius 1 is 1.20 bits per heavy atom. The number of nitrogens with one attached hydrogen (secondary N) is 2. The molecule has 4 nitrogen and oxygen atoms in total. The molecular formula is C20H18FN3O. The third kappa shape index (κ3) is 2.82. The van der Waals surface area contributed by atoms with Crippen LogP contribution in [0.5, 0.6) is 0 Å². The highest BCUT2D eigenvalue weighted by Gasteiger charge is 2.24. The Hall–Kier alpha value is -2.95. The van der Waals surface area contributed by atoms with Crippen molar-refractivity contribution >= 4 is 11.6 Å². The summed E-state index contributed by atoms with van der Waals surface area (Å²) in [6.07, 6.45) is 4.48. The monoisotopic (exact) mass is 335 g/mol. The Morgan fingerprint density at radius 2 is 2.04 bits per heavy atom. The summed E-state index contributed by atoms with van der Waals surface area (Å²) in [6.45, 7) is 1.94. The second-order valence-corrected chi connectivity index (χ2v) is 6.30. The molecule has 2 aromatic heterocycles. The predicted octanol–water partition coefficient (Wildman–Crippen LogP) is 4.27. The lowest BCUT2D eigenvalue weighted by Gasteiger charge is -2.10.